The van der Waals surface area contributed by atoms with Crippen LogP contribution in [0.3, 0.4) is 0 Å². The third-order valence-electron chi connectivity index (χ3n) is 6.60. The average molecular weight is 485 g/mol. The van der Waals surface area contributed by atoms with Gasteiger partial charge >= 0.3 is 6.16 Å². The lowest BCUT2D eigenvalue weighted by Gasteiger charge is -2.28. The second kappa shape index (κ2) is 8.73. The van der Waals surface area contributed by atoms with E-state index in [4.69, 9.17) is 21.4 Å². The van der Waals surface area contributed by atoms with E-state index >= 15 is 0 Å². The van der Waals surface area contributed by atoms with Crippen molar-refractivity contribution in [3.05, 3.63) is 69.9 Å². The quantitative estimate of drug-likeness (QED) is 0.429. The molecule has 1 aliphatic carbocycles. The summed E-state index contributed by atoms with van der Waals surface area (Å²) in [4.78, 5) is 30.7. The molecule has 0 spiro atoms. The van der Waals surface area contributed by atoms with Crippen molar-refractivity contribution in [2.75, 3.05) is 25.0 Å². The Kier molecular flexibility index (Phi) is 5.75. The zero-order chi connectivity index (χ0) is 24.0. The van der Waals surface area contributed by atoms with Crippen LogP contribution in [0.2, 0.25) is 5.02 Å². The van der Waals surface area contributed by atoms with Crippen LogP contribution in [-0.2, 0) is 0 Å². The minimum Gasteiger partial charge on any atom is -0.449 e. The number of fused-ring (bicyclic) bond motifs is 2. The summed E-state index contributed by atoms with van der Waals surface area (Å²) in [7, 11) is 1.94. The second-order valence-electron chi connectivity index (χ2n) is 8.50. The molecule has 34 heavy (non-hydrogen) atoms. The van der Waals surface area contributed by atoms with Crippen LogP contribution in [0.15, 0.2) is 53.6 Å². The van der Waals surface area contributed by atoms with E-state index < -0.39 is 23.2 Å². The zero-order valence-corrected chi connectivity index (χ0v) is 19.0. The summed E-state index contributed by atoms with van der Waals surface area (Å²) in [6, 6.07) is 5.81. The number of allylic oxidation sites excluding steroid dienone is 1. The number of anilines is 1. The monoisotopic (exact) mass is 484 g/mol. The van der Waals surface area contributed by atoms with E-state index in [1.807, 2.05) is 7.05 Å². The topological polar surface area (TPSA) is 96.7 Å². The number of nitrogens with zero attached hydrogens (tertiary/aromatic N) is 3. The number of rotatable bonds is 4. The molecule has 10 heteroatoms. The van der Waals surface area contributed by atoms with Crippen molar-refractivity contribution in [1.82, 2.24) is 14.9 Å². The van der Waals surface area contributed by atoms with Crippen molar-refractivity contribution < 1.29 is 19.0 Å². The molecule has 2 N–H and O–H groups in total. The van der Waals surface area contributed by atoms with Crippen LogP contribution < -0.4 is 20.4 Å². The van der Waals surface area contributed by atoms with Gasteiger partial charge < -0.3 is 24.6 Å². The molecule has 1 saturated heterocycles. The number of pyridine rings is 2. The highest BCUT2D eigenvalue weighted by Gasteiger charge is 2.39. The third kappa shape index (κ3) is 3.80. The highest BCUT2D eigenvalue weighted by molar-refractivity contribution is 6.37. The van der Waals surface area contributed by atoms with Gasteiger partial charge in [0.25, 0.3) is 0 Å². The van der Waals surface area contributed by atoms with Gasteiger partial charge in [0.2, 0.25) is 5.43 Å². The Hall–Kier alpha value is -3.43. The molecule has 3 heterocycles. The van der Waals surface area contributed by atoms with Crippen molar-refractivity contribution in [3.63, 3.8) is 0 Å². The fourth-order valence-corrected chi connectivity index (χ4v) is 5.37. The van der Waals surface area contributed by atoms with E-state index in [0.29, 0.717) is 28.9 Å². The van der Waals surface area contributed by atoms with Gasteiger partial charge in [-0.1, -0.05) is 23.8 Å². The first-order valence-corrected chi connectivity index (χ1v) is 11.2. The maximum Gasteiger partial charge on any atom is 0.511 e. The lowest BCUT2D eigenvalue weighted by Crippen LogP contribution is -2.38. The molecule has 1 aromatic carbocycles. The van der Waals surface area contributed by atoms with Crippen LogP contribution >= 0.6 is 11.6 Å². The van der Waals surface area contributed by atoms with Gasteiger partial charge in [0.05, 0.1) is 17.1 Å². The fourth-order valence-electron chi connectivity index (χ4n) is 5.01. The van der Waals surface area contributed by atoms with Gasteiger partial charge in [-0.2, -0.15) is 0 Å². The van der Waals surface area contributed by atoms with Gasteiger partial charge in [0, 0.05) is 36.9 Å². The van der Waals surface area contributed by atoms with Crippen molar-refractivity contribution >= 4 is 34.5 Å². The smallest absolute Gasteiger partial charge is 0.449 e. The van der Waals surface area contributed by atoms with Gasteiger partial charge in [0.1, 0.15) is 16.7 Å². The molecule has 2 aliphatic rings. The molecule has 3 atom stereocenters. The van der Waals surface area contributed by atoms with E-state index in [0.717, 1.165) is 19.5 Å². The first kappa shape index (κ1) is 22.4. The van der Waals surface area contributed by atoms with Crippen LogP contribution in [0.1, 0.15) is 6.42 Å². The average Bonchev–Trinajstić information content (AvgIpc) is 3.25. The number of likely N-dealkylation sites (N-methyl/N-ethyl adjacent to an activating group) is 1. The first-order valence-electron chi connectivity index (χ1n) is 10.9. The Morgan fingerprint density at radius 1 is 1.29 bits per heavy atom. The highest BCUT2D eigenvalue weighted by Crippen LogP contribution is 2.39. The number of nitrogens with one attached hydrogen (secondary N) is 1. The number of hydrogen-bond acceptors (Lipinski definition) is 6. The van der Waals surface area contributed by atoms with Crippen LogP contribution in [-0.4, -0.2) is 47.0 Å². The largest absolute Gasteiger partial charge is 0.511 e. The van der Waals surface area contributed by atoms with E-state index in [-0.39, 0.29) is 16.5 Å². The molecule has 0 amide bonds. The summed E-state index contributed by atoms with van der Waals surface area (Å²) in [6.45, 7) is 1.52. The minimum absolute atomic E-state index is 0.100. The van der Waals surface area contributed by atoms with Crippen molar-refractivity contribution in [3.8, 4) is 11.4 Å². The van der Waals surface area contributed by atoms with E-state index in [9.17, 15) is 14.0 Å². The Morgan fingerprint density at radius 3 is 2.76 bits per heavy atom. The molecule has 0 unspecified atom stereocenters. The summed E-state index contributed by atoms with van der Waals surface area (Å²) >= 11 is 6.88. The van der Waals surface area contributed by atoms with Crippen LogP contribution in [0.4, 0.5) is 15.0 Å². The Morgan fingerprint density at radius 2 is 2.06 bits per heavy atom. The first-order chi connectivity index (χ1) is 16.4. The van der Waals surface area contributed by atoms with Gasteiger partial charge in [-0.05, 0) is 43.7 Å². The van der Waals surface area contributed by atoms with Crippen molar-refractivity contribution in [2.24, 2.45) is 11.8 Å². The third-order valence-corrected chi connectivity index (χ3v) is 6.95. The molecular formula is C24H22ClFN4O4. The van der Waals surface area contributed by atoms with Gasteiger partial charge in [0.15, 0.2) is 5.75 Å². The number of aromatic nitrogens is 2. The number of benzene rings is 1. The zero-order valence-electron chi connectivity index (χ0n) is 18.2. The SMILES string of the molecule is CN[C@@H]1C=CC[C@@H]2CN(c3ncc4c(=O)c(OC(=O)O)cn(-c5ccc(F)cc5)c4c3Cl)C[C@@H]21. The molecule has 3 aromatic rings. The molecule has 0 radical (unpaired) electrons. The Balaban J connectivity index is 1.66. The summed E-state index contributed by atoms with van der Waals surface area (Å²) < 4.78 is 19.8. The lowest BCUT2D eigenvalue weighted by atomic mass is 9.82. The number of hydrogen-bond donors (Lipinski definition) is 2. The van der Waals surface area contributed by atoms with Crippen molar-refractivity contribution in [2.45, 2.75) is 12.5 Å². The summed E-state index contributed by atoms with van der Waals surface area (Å²) in [5.41, 5.74) is 0.181. The van der Waals surface area contributed by atoms with Gasteiger partial charge in [-0.25, -0.2) is 14.2 Å². The van der Waals surface area contributed by atoms with Gasteiger partial charge in [-0.3, -0.25) is 4.79 Å². The Labute approximate surface area is 199 Å². The predicted molar refractivity (Wildman–Crippen MR) is 127 cm³/mol. The fraction of sp³-hybridized carbons (Fsp3) is 0.292. The molecule has 5 rings (SSSR count). The number of ether oxygens (including phenoxy) is 1. The molecule has 1 fully saturated rings. The number of halogens is 2. The molecule has 0 saturated carbocycles. The number of carbonyl (C=O) groups is 1. The lowest BCUT2D eigenvalue weighted by molar-refractivity contribution is 0.144. The van der Waals surface area contributed by atoms with E-state index in [1.54, 1.807) is 0 Å². The van der Waals surface area contributed by atoms with E-state index in [2.05, 4.69) is 27.4 Å². The second-order valence-corrected chi connectivity index (χ2v) is 8.88. The minimum atomic E-state index is -1.62. The molecule has 1 aliphatic heterocycles. The standard InChI is InChI=1S/C24H22ClFN4O4/c1-27-18-4-2-3-13-10-29(11-17(13)18)23-20(25)21-16(9-28-23)22(31)19(34-24(32)33)12-30(21)15-7-5-14(26)6-8-15/h2,4-9,12-13,17-18,27H,3,10-11H2,1H3,(H,32,33)/t13-,17+,18-/m1/s1. The summed E-state index contributed by atoms with van der Waals surface area (Å²) in [5, 5.41) is 12.8. The molecule has 8 nitrogen and oxygen atoms in total. The van der Waals surface area contributed by atoms with Crippen LogP contribution in [0, 0.1) is 17.7 Å². The predicted octanol–water partition coefficient (Wildman–Crippen LogP) is 3.84. The normalized spacial score (nSPS) is 21.6. The van der Waals surface area contributed by atoms with Crippen LogP contribution in [0.5, 0.6) is 5.75 Å². The van der Waals surface area contributed by atoms with Gasteiger partial charge in [-0.15, -0.1) is 0 Å². The molecular weight excluding hydrogens is 463 g/mol. The molecule has 2 aromatic heterocycles. The maximum absolute atomic E-state index is 13.6. The number of carboxylic acid groups (broad SMARTS) is 1. The van der Waals surface area contributed by atoms with Crippen molar-refractivity contribution in [1.29, 1.82) is 0 Å². The maximum atomic E-state index is 13.6. The summed E-state index contributed by atoms with van der Waals surface area (Å²) in [5.74, 6) is 0.554. The molecule has 0 bridgehead atoms. The summed E-state index contributed by atoms with van der Waals surface area (Å²) in [6.07, 6.45) is 6.38. The highest BCUT2D eigenvalue weighted by atomic mass is 35.5. The van der Waals surface area contributed by atoms with E-state index in [1.165, 1.54) is 41.2 Å². The van der Waals surface area contributed by atoms with Crippen LogP contribution in [0.25, 0.3) is 16.6 Å². The molecule has 176 valence electrons. The Bertz CT molecular complexity index is 1360.